The summed E-state index contributed by atoms with van der Waals surface area (Å²) in [5.41, 5.74) is 13.1. The Hall–Kier alpha value is -7.22. The minimum absolute atomic E-state index is 0.00496. The Bertz CT molecular complexity index is 3100. The Morgan fingerprint density at radius 1 is 0.534 bits per heavy atom. The molecular weight excluding hydrogens is 705 g/mol. The lowest BCUT2D eigenvalue weighted by Crippen LogP contribution is -2.30. The molecule has 0 amide bonds. The summed E-state index contributed by atoms with van der Waals surface area (Å²) in [6.07, 6.45) is 22.9. The lowest BCUT2D eigenvalue weighted by molar-refractivity contribution is 0.811. The van der Waals surface area contributed by atoms with E-state index in [0.717, 1.165) is 60.5 Å². The molecule has 3 aliphatic carbocycles. The van der Waals surface area contributed by atoms with Gasteiger partial charge in [0.1, 0.15) is 0 Å². The number of hydrogen-bond donors (Lipinski definition) is 0. The zero-order chi connectivity index (χ0) is 38.4. The number of hydrogen-bond acceptors (Lipinski definition) is 2. The summed E-state index contributed by atoms with van der Waals surface area (Å²) in [5, 5.41) is 5.02. The van der Waals surface area contributed by atoms with Crippen LogP contribution in [0.1, 0.15) is 32.1 Å². The number of nitrogens with zero attached hydrogens (tertiary/aromatic N) is 4. The molecule has 4 nitrogen and oxygen atoms in total. The van der Waals surface area contributed by atoms with E-state index in [-0.39, 0.29) is 6.04 Å². The van der Waals surface area contributed by atoms with Crippen LogP contribution in [-0.4, -0.2) is 15.2 Å². The van der Waals surface area contributed by atoms with Crippen molar-refractivity contribution in [3.63, 3.8) is 0 Å². The van der Waals surface area contributed by atoms with Crippen LogP contribution in [0.5, 0.6) is 0 Å². The first kappa shape index (κ1) is 34.1. The van der Waals surface area contributed by atoms with Crippen molar-refractivity contribution in [3.8, 4) is 17.5 Å². The molecule has 8 aromatic rings. The molecule has 11 rings (SSSR count). The summed E-state index contributed by atoms with van der Waals surface area (Å²) >= 11 is 0. The molecule has 0 fully saturated rings. The topological polar surface area (TPSA) is 16.3 Å². The minimum Gasteiger partial charge on any atom is -0.327 e. The van der Waals surface area contributed by atoms with E-state index in [0.29, 0.717) is 0 Å². The molecule has 3 aliphatic rings. The van der Waals surface area contributed by atoms with E-state index in [1.165, 1.54) is 55.0 Å². The van der Waals surface area contributed by atoms with Crippen molar-refractivity contribution in [2.75, 3.05) is 9.80 Å². The van der Waals surface area contributed by atoms with E-state index in [1.807, 2.05) is 6.08 Å². The van der Waals surface area contributed by atoms with Gasteiger partial charge in [0.05, 0.1) is 28.1 Å². The molecule has 2 aromatic heterocycles. The van der Waals surface area contributed by atoms with Gasteiger partial charge >= 0.3 is 0 Å². The van der Waals surface area contributed by atoms with E-state index in [9.17, 15) is 0 Å². The Balaban J connectivity index is 1.02. The van der Waals surface area contributed by atoms with Crippen molar-refractivity contribution >= 4 is 72.1 Å². The van der Waals surface area contributed by atoms with Crippen molar-refractivity contribution in [2.24, 2.45) is 0 Å². The fourth-order valence-corrected chi connectivity index (χ4v) is 9.26. The zero-order valence-corrected chi connectivity index (χ0v) is 32.3. The third-order valence-electron chi connectivity index (χ3n) is 11.9. The predicted octanol–water partition coefficient (Wildman–Crippen LogP) is 13.9. The maximum atomic E-state index is 3.55. The Morgan fingerprint density at radius 3 is 1.90 bits per heavy atom. The smallest absolute Gasteiger partial charge is 0.0990 e. The molecule has 58 heavy (non-hydrogen) atoms. The van der Waals surface area contributed by atoms with Crippen LogP contribution in [0.4, 0.5) is 22.7 Å². The number of fused-ring (bicyclic) bond motifs is 6. The summed E-state index contributed by atoms with van der Waals surface area (Å²) in [6, 6.07) is 51.3. The van der Waals surface area contributed by atoms with E-state index in [4.69, 9.17) is 0 Å². The molecular formula is C54H42N4. The second-order valence-electron chi connectivity index (χ2n) is 15.3. The average Bonchev–Trinajstić information content (AvgIpc) is 3.81. The normalized spacial score (nSPS) is 16.1. The average molecular weight is 747 g/mol. The maximum Gasteiger partial charge on any atom is 0.0990 e. The third-order valence-corrected chi connectivity index (χ3v) is 11.9. The van der Waals surface area contributed by atoms with Crippen molar-refractivity contribution in [1.82, 2.24) is 9.13 Å². The van der Waals surface area contributed by atoms with Gasteiger partial charge in [0.15, 0.2) is 0 Å². The molecule has 0 saturated carbocycles. The van der Waals surface area contributed by atoms with Crippen molar-refractivity contribution < 1.29 is 0 Å². The van der Waals surface area contributed by atoms with Crippen LogP contribution < -0.4 is 9.80 Å². The van der Waals surface area contributed by atoms with Crippen molar-refractivity contribution in [2.45, 2.75) is 38.1 Å². The van der Waals surface area contributed by atoms with Crippen molar-refractivity contribution in [1.29, 1.82) is 0 Å². The standard InChI is InChI=1S/C54H42N4/c1-5-17-39(18-6-1)55(45-33-35-53-49(37-45)47-25-13-15-27-51(47)57(53)41-21-9-3-10-22-41)43-29-31-44(32-30-43)56(40-19-7-2-8-20-40)46-34-36-54-50(38-46)48-26-14-16-28-52(48)58(54)42-23-11-4-12-24-42/h1,3-5,7,9-11,13-16,19-23,25-39H,2,8,12,17,24H2. The highest BCUT2D eigenvalue weighted by atomic mass is 15.2. The summed E-state index contributed by atoms with van der Waals surface area (Å²) in [6.45, 7) is 0. The van der Waals surface area contributed by atoms with Crippen LogP contribution in [0.15, 0.2) is 194 Å². The number of aromatic nitrogens is 2. The molecule has 0 aliphatic heterocycles. The maximum absolute atomic E-state index is 3.55. The van der Waals surface area contributed by atoms with Gasteiger partial charge in [0.2, 0.25) is 0 Å². The molecule has 0 bridgehead atoms. The number of benzene rings is 6. The van der Waals surface area contributed by atoms with Crippen LogP contribution in [-0.2, 0) is 0 Å². The largest absolute Gasteiger partial charge is 0.327 e. The molecule has 1 unspecified atom stereocenters. The van der Waals surface area contributed by atoms with Crippen LogP contribution in [0.3, 0.4) is 0 Å². The number of allylic oxidation sites excluding steroid dienone is 8. The fraction of sp³-hybridized carbons (Fsp3) is 0.111. The molecule has 4 heteroatoms. The molecule has 2 heterocycles. The summed E-state index contributed by atoms with van der Waals surface area (Å²) < 4.78 is 4.84. The highest BCUT2D eigenvalue weighted by Gasteiger charge is 2.24. The van der Waals surface area contributed by atoms with Gasteiger partial charge in [-0.15, -0.1) is 0 Å². The first-order chi connectivity index (χ1) is 28.8. The van der Waals surface area contributed by atoms with Gasteiger partial charge < -0.3 is 18.9 Å². The molecule has 278 valence electrons. The number of para-hydroxylation sites is 3. The number of anilines is 4. The van der Waals surface area contributed by atoms with Crippen LogP contribution in [0.25, 0.3) is 55.0 Å². The van der Waals surface area contributed by atoms with Gasteiger partial charge in [-0.2, -0.15) is 0 Å². The summed E-state index contributed by atoms with van der Waals surface area (Å²) in [4.78, 5) is 4.85. The van der Waals surface area contributed by atoms with E-state index in [2.05, 4.69) is 213 Å². The van der Waals surface area contributed by atoms with Crippen LogP contribution >= 0.6 is 0 Å². The van der Waals surface area contributed by atoms with Gasteiger partial charge in [-0.25, -0.2) is 0 Å². The zero-order valence-electron chi connectivity index (χ0n) is 32.3. The SMILES string of the molecule is C1#CC(N(c2ccc(N(C3=CCCC=C3)c3ccc4c(c3)c3ccccc3n4C3=CC=CCC3)cc2)c2ccc3c(c2)c2ccccc2n3-c2ccccc2)CC=C1. The first-order valence-corrected chi connectivity index (χ1v) is 20.5. The van der Waals surface area contributed by atoms with Gasteiger partial charge in [0, 0.05) is 61.4 Å². The van der Waals surface area contributed by atoms with Crippen LogP contribution in [0, 0.1) is 11.8 Å². The second-order valence-corrected chi connectivity index (χ2v) is 15.3. The monoisotopic (exact) mass is 746 g/mol. The second kappa shape index (κ2) is 14.4. The van der Waals surface area contributed by atoms with Crippen molar-refractivity contribution in [3.05, 3.63) is 194 Å². The fourth-order valence-electron chi connectivity index (χ4n) is 9.26. The molecule has 0 spiro atoms. The number of rotatable bonds is 8. The highest BCUT2D eigenvalue weighted by Crippen LogP contribution is 2.42. The molecule has 0 saturated heterocycles. The Morgan fingerprint density at radius 2 is 1.19 bits per heavy atom. The minimum atomic E-state index is 0.00496. The third kappa shape index (κ3) is 5.78. The Kier molecular flexibility index (Phi) is 8.44. The van der Waals surface area contributed by atoms with Gasteiger partial charge in [-0.05, 0) is 135 Å². The van der Waals surface area contributed by atoms with Gasteiger partial charge in [0.25, 0.3) is 0 Å². The molecule has 0 radical (unpaired) electrons. The quantitative estimate of drug-likeness (QED) is 0.144. The van der Waals surface area contributed by atoms with Gasteiger partial charge in [-0.1, -0.05) is 96.8 Å². The lowest BCUT2D eigenvalue weighted by atomic mass is 10.0. The molecule has 0 N–H and O–H groups in total. The van der Waals surface area contributed by atoms with Gasteiger partial charge in [-0.3, -0.25) is 0 Å². The van der Waals surface area contributed by atoms with E-state index >= 15 is 0 Å². The lowest BCUT2D eigenvalue weighted by Gasteiger charge is -2.32. The molecule has 1 atom stereocenters. The molecule has 6 aromatic carbocycles. The van der Waals surface area contributed by atoms with E-state index in [1.54, 1.807) is 0 Å². The summed E-state index contributed by atoms with van der Waals surface area (Å²) in [7, 11) is 0. The van der Waals surface area contributed by atoms with E-state index < -0.39 is 0 Å². The van der Waals surface area contributed by atoms with Crippen LogP contribution in [0.2, 0.25) is 0 Å². The Labute approximate surface area is 339 Å². The summed E-state index contributed by atoms with van der Waals surface area (Å²) in [5.74, 6) is 6.83. The first-order valence-electron chi connectivity index (χ1n) is 20.5. The highest BCUT2D eigenvalue weighted by molar-refractivity contribution is 6.12. The predicted molar refractivity (Wildman–Crippen MR) is 245 cm³/mol.